The molecule has 0 spiro atoms. The van der Waals surface area contributed by atoms with Gasteiger partial charge in [0.1, 0.15) is 11.6 Å². The van der Waals surface area contributed by atoms with Crippen molar-refractivity contribution >= 4 is 22.6 Å². The second-order valence-electron chi connectivity index (χ2n) is 8.10. The number of rotatable bonds is 8. The first-order valence-electron chi connectivity index (χ1n) is 10.7. The maximum atomic E-state index is 12.8. The summed E-state index contributed by atoms with van der Waals surface area (Å²) in [5.74, 6) is 2.09. The van der Waals surface area contributed by atoms with Gasteiger partial charge in [0.2, 0.25) is 5.91 Å². The SMILES string of the molecule is CCOc1ccc(N2C[C@H](c3nc4ccccc4n3CCCN(C)C)CC2=O)cc1. The summed E-state index contributed by atoms with van der Waals surface area (Å²) in [6.07, 6.45) is 1.54. The zero-order chi connectivity index (χ0) is 21.1. The maximum Gasteiger partial charge on any atom is 0.227 e. The molecule has 1 aliphatic rings. The van der Waals surface area contributed by atoms with Crippen molar-refractivity contribution in [3.63, 3.8) is 0 Å². The minimum Gasteiger partial charge on any atom is -0.494 e. The summed E-state index contributed by atoms with van der Waals surface area (Å²) in [6, 6.07) is 16.0. The van der Waals surface area contributed by atoms with Gasteiger partial charge < -0.3 is 19.1 Å². The third kappa shape index (κ3) is 4.19. The van der Waals surface area contributed by atoms with E-state index in [1.54, 1.807) is 0 Å². The number of aryl methyl sites for hydroxylation is 1. The van der Waals surface area contributed by atoms with E-state index in [0.717, 1.165) is 47.8 Å². The summed E-state index contributed by atoms with van der Waals surface area (Å²) in [6.45, 7) is 5.18. The smallest absolute Gasteiger partial charge is 0.227 e. The highest BCUT2D eigenvalue weighted by Crippen LogP contribution is 2.34. The van der Waals surface area contributed by atoms with Gasteiger partial charge in [0, 0.05) is 31.1 Å². The third-order valence-corrected chi connectivity index (χ3v) is 5.62. The van der Waals surface area contributed by atoms with Gasteiger partial charge in [-0.2, -0.15) is 0 Å². The number of aromatic nitrogens is 2. The molecule has 2 aromatic carbocycles. The zero-order valence-corrected chi connectivity index (χ0v) is 18.0. The van der Waals surface area contributed by atoms with Crippen molar-refractivity contribution in [2.75, 3.05) is 38.7 Å². The molecule has 0 radical (unpaired) electrons. The van der Waals surface area contributed by atoms with Crippen LogP contribution < -0.4 is 9.64 Å². The Labute approximate surface area is 178 Å². The first-order valence-corrected chi connectivity index (χ1v) is 10.7. The van der Waals surface area contributed by atoms with Crippen LogP contribution in [0.4, 0.5) is 5.69 Å². The summed E-state index contributed by atoms with van der Waals surface area (Å²) < 4.78 is 7.84. The van der Waals surface area contributed by atoms with Crippen LogP contribution in [-0.2, 0) is 11.3 Å². The van der Waals surface area contributed by atoms with E-state index in [0.29, 0.717) is 19.6 Å². The van der Waals surface area contributed by atoms with Gasteiger partial charge in [0.05, 0.1) is 17.6 Å². The molecule has 6 nitrogen and oxygen atoms in total. The Kier molecular flexibility index (Phi) is 6.04. The van der Waals surface area contributed by atoms with E-state index >= 15 is 0 Å². The lowest BCUT2D eigenvalue weighted by Crippen LogP contribution is -2.24. The van der Waals surface area contributed by atoms with Gasteiger partial charge >= 0.3 is 0 Å². The number of carbonyl (C=O) groups is 1. The van der Waals surface area contributed by atoms with Crippen LogP contribution >= 0.6 is 0 Å². The molecule has 1 amide bonds. The molecule has 3 aromatic rings. The van der Waals surface area contributed by atoms with Crippen LogP contribution in [-0.4, -0.2) is 54.1 Å². The normalized spacial score (nSPS) is 16.7. The lowest BCUT2D eigenvalue weighted by Gasteiger charge is -2.18. The number of nitrogens with zero attached hydrogens (tertiary/aromatic N) is 4. The highest BCUT2D eigenvalue weighted by molar-refractivity contribution is 5.96. The van der Waals surface area contributed by atoms with E-state index in [4.69, 9.17) is 9.72 Å². The molecular weight excluding hydrogens is 376 g/mol. The van der Waals surface area contributed by atoms with Gasteiger partial charge in [-0.15, -0.1) is 0 Å². The van der Waals surface area contributed by atoms with E-state index < -0.39 is 0 Å². The molecule has 4 rings (SSSR count). The fourth-order valence-corrected chi connectivity index (χ4v) is 4.20. The molecule has 0 unspecified atom stereocenters. The van der Waals surface area contributed by atoms with Crippen molar-refractivity contribution in [1.29, 1.82) is 0 Å². The number of ether oxygens (including phenoxy) is 1. The minimum absolute atomic E-state index is 0.0934. The van der Waals surface area contributed by atoms with Crippen LogP contribution in [0.5, 0.6) is 5.75 Å². The lowest BCUT2D eigenvalue weighted by molar-refractivity contribution is -0.117. The summed E-state index contributed by atoms with van der Waals surface area (Å²) in [4.78, 5) is 21.9. The van der Waals surface area contributed by atoms with Crippen LogP contribution in [0.1, 0.15) is 31.5 Å². The summed E-state index contributed by atoms with van der Waals surface area (Å²) in [7, 11) is 4.19. The molecule has 0 aliphatic carbocycles. The predicted octanol–water partition coefficient (Wildman–Crippen LogP) is 3.91. The quantitative estimate of drug-likeness (QED) is 0.569. The van der Waals surface area contributed by atoms with E-state index in [-0.39, 0.29) is 11.8 Å². The standard InChI is InChI=1S/C24H30N4O2/c1-4-30-20-12-10-19(11-13-20)28-17-18(16-23(28)29)24-25-21-8-5-6-9-22(21)27(24)15-7-14-26(2)3/h5-6,8-13,18H,4,7,14-17H2,1-3H3/t18-/m1/s1. The van der Waals surface area contributed by atoms with E-state index in [2.05, 4.69) is 41.8 Å². The number of hydrogen-bond donors (Lipinski definition) is 0. The Balaban J connectivity index is 1.58. The van der Waals surface area contributed by atoms with Crippen molar-refractivity contribution in [2.45, 2.75) is 32.2 Å². The minimum atomic E-state index is 0.0934. The van der Waals surface area contributed by atoms with Gasteiger partial charge in [-0.05, 0) is 70.4 Å². The second kappa shape index (κ2) is 8.88. The molecule has 1 atom stereocenters. The highest BCUT2D eigenvalue weighted by Gasteiger charge is 2.34. The summed E-state index contributed by atoms with van der Waals surface area (Å²) in [5, 5.41) is 0. The Hall–Kier alpha value is -2.86. The summed E-state index contributed by atoms with van der Waals surface area (Å²) in [5.41, 5.74) is 3.07. The largest absolute Gasteiger partial charge is 0.494 e. The number of para-hydroxylation sites is 2. The molecule has 0 saturated carbocycles. The van der Waals surface area contributed by atoms with Crippen molar-refractivity contribution < 1.29 is 9.53 Å². The molecule has 0 bridgehead atoms. The van der Waals surface area contributed by atoms with Gasteiger partial charge in [-0.3, -0.25) is 4.79 Å². The van der Waals surface area contributed by atoms with Crippen molar-refractivity contribution in [2.24, 2.45) is 0 Å². The Bertz CT molecular complexity index is 1010. The number of benzene rings is 2. The molecule has 158 valence electrons. The average molecular weight is 407 g/mol. The molecule has 0 N–H and O–H groups in total. The van der Waals surface area contributed by atoms with Gasteiger partial charge in [0.25, 0.3) is 0 Å². The van der Waals surface area contributed by atoms with Crippen molar-refractivity contribution in [3.05, 3.63) is 54.4 Å². The molecule has 1 aromatic heterocycles. The number of imidazole rings is 1. The number of anilines is 1. The van der Waals surface area contributed by atoms with Gasteiger partial charge in [-0.25, -0.2) is 4.98 Å². The molecule has 1 saturated heterocycles. The summed E-state index contributed by atoms with van der Waals surface area (Å²) >= 11 is 0. The first-order chi connectivity index (χ1) is 14.6. The highest BCUT2D eigenvalue weighted by atomic mass is 16.5. The zero-order valence-electron chi connectivity index (χ0n) is 18.0. The van der Waals surface area contributed by atoms with Gasteiger partial charge in [-0.1, -0.05) is 12.1 Å². The molecule has 1 fully saturated rings. The second-order valence-corrected chi connectivity index (χ2v) is 8.10. The number of hydrogen-bond acceptors (Lipinski definition) is 4. The molecule has 2 heterocycles. The molecule has 1 aliphatic heterocycles. The monoisotopic (exact) mass is 406 g/mol. The molecule has 6 heteroatoms. The average Bonchev–Trinajstić information content (AvgIpc) is 3.29. The van der Waals surface area contributed by atoms with E-state index in [1.807, 2.05) is 42.2 Å². The Morgan fingerprint density at radius 3 is 2.63 bits per heavy atom. The number of amides is 1. The Morgan fingerprint density at radius 1 is 1.13 bits per heavy atom. The van der Waals surface area contributed by atoms with Crippen LogP contribution in [0.3, 0.4) is 0 Å². The van der Waals surface area contributed by atoms with Crippen LogP contribution in [0.15, 0.2) is 48.5 Å². The number of carbonyl (C=O) groups excluding carboxylic acids is 1. The van der Waals surface area contributed by atoms with Crippen LogP contribution in [0.25, 0.3) is 11.0 Å². The lowest BCUT2D eigenvalue weighted by atomic mass is 10.1. The van der Waals surface area contributed by atoms with Crippen molar-refractivity contribution in [3.8, 4) is 5.75 Å². The topological polar surface area (TPSA) is 50.6 Å². The van der Waals surface area contributed by atoms with Gasteiger partial charge in [0.15, 0.2) is 0 Å². The van der Waals surface area contributed by atoms with Crippen LogP contribution in [0.2, 0.25) is 0 Å². The fraction of sp³-hybridized carbons (Fsp3) is 0.417. The van der Waals surface area contributed by atoms with E-state index in [9.17, 15) is 4.79 Å². The van der Waals surface area contributed by atoms with E-state index in [1.165, 1.54) is 0 Å². The molecular formula is C24H30N4O2. The predicted molar refractivity (Wildman–Crippen MR) is 120 cm³/mol. The van der Waals surface area contributed by atoms with Crippen LogP contribution in [0, 0.1) is 0 Å². The molecule has 30 heavy (non-hydrogen) atoms. The maximum absolute atomic E-state index is 12.8. The Morgan fingerprint density at radius 2 is 1.90 bits per heavy atom. The first kappa shape index (κ1) is 20.4. The van der Waals surface area contributed by atoms with Crippen molar-refractivity contribution in [1.82, 2.24) is 14.5 Å². The number of fused-ring (bicyclic) bond motifs is 1. The third-order valence-electron chi connectivity index (χ3n) is 5.62. The fourth-order valence-electron chi connectivity index (χ4n) is 4.20.